The molecule has 5 nitrogen and oxygen atoms in total. The van der Waals surface area contributed by atoms with Crippen LogP contribution in [0.5, 0.6) is 0 Å². The van der Waals surface area contributed by atoms with Gasteiger partial charge in [-0.2, -0.15) is 0 Å². The van der Waals surface area contributed by atoms with Gasteiger partial charge in [0.25, 0.3) is 5.91 Å². The molecular formula is C16H14F2N2O3S. The zero-order valence-corrected chi connectivity index (χ0v) is 13.3. The maximum atomic E-state index is 13.8. The average Bonchev–Trinajstić information content (AvgIpc) is 3.16. The first kappa shape index (κ1) is 16.4. The monoisotopic (exact) mass is 352 g/mol. The lowest BCUT2D eigenvalue weighted by molar-refractivity contribution is 0.0702. The van der Waals surface area contributed by atoms with Crippen LogP contribution < -0.4 is 10.2 Å². The first-order chi connectivity index (χ1) is 11.5. The second kappa shape index (κ2) is 6.56. The standard InChI is InChI=1S/C16H14F2N2O3S/c17-10-2-1-3-11(18)14(10)20-7-6-9(8-20)19-15(21)12-4-5-13(24-12)16(22)23/h1-5,9H,6-8H2,(H,19,21)(H,22,23). The smallest absolute Gasteiger partial charge is 0.345 e. The highest BCUT2D eigenvalue weighted by molar-refractivity contribution is 7.15. The van der Waals surface area contributed by atoms with Crippen LogP contribution in [0.1, 0.15) is 25.8 Å². The molecule has 0 bridgehead atoms. The third-order valence-electron chi connectivity index (χ3n) is 3.82. The van der Waals surface area contributed by atoms with Gasteiger partial charge in [0, 0.05) is 19.1 Å². The molecule has 126 valence electrons. The van der Waals surface area contributed by atoms with Crippen molar-refractivity contribution in [3.05, 3.63) is 51.7 Å². The van der Waals surface area contributed by atoms with Gasteiger partial charge in [-0.15, -0.1) is 11.3 Å². The molecule has 1 aliphatic rings. The molecule has 1 fully saturated rings. The number of anilines is 1. The minimum absolute atomic E-state index is 0.0847. The van der Waals surface area contributed by atoms with Gasteiger partial charge in [-0.1, -0.05) is 6.07 Å². The Labute approximate surface area is 140 Å². The Bertz CT molecular complexity index is 773. The van der Waals surface area contributed by atoms with Crippen LogP contribution in [0.4, 0.5) is 14.5 Å². The summed E-state index contributed by atoms with van der Waals surface area (Å²) in [6.45, 7) is 0.717. The molecule has 24 heavy (non-hydrogen) atoms. The number of hydrogen-bond acceptors (Lipinski definition) is 4. The summed E-state index contributed by atoms with van der Waals surface area (Å²) in [5, 5.41) is 11.7. The number of carboxylic acids is 1. The highest BCUT2D eigenvalue weighted by atomic mass is 32.1. The SMILES string of the molecule is O=C(O)c1ccc(C(=O)NC2CCN(c3c(F)cccc3F)C2)s1. The Morgan fingerprint density at radius 2 is 1.83 bits per heavy atom. The van der Waals surface area contributed by atoms with E-state index >= 15 is 0 Å². The van der Waals surface area contributed by atoms with Gasteiger partial charge in [0.1, 0.15) is 22.2 Å². The molecular weight excluding hydrogens is 338 g/mol. The van der Waals surface area contributed by atoms with E-state index in [0.29, 0.717) is 24.4 Å². The van der Waals surface area contributed by atoms with E-state index in [1.54, 1.807) is 4.90 Å². The van der Waals surface area contributed by atoms with Gasteiger partial charge in [0.15, 0.2) is 0 Å². The summed E-state index contributed by atoms with van der Waals surface area (Å²) in [5.74, 6) is -2.73. The number of para-hydroxylation sites is 1. The summed E-state index contributed by atoms with van der Waals surface area (Å²) in [4.78, 5) is 24.9. The van der Waals surface area contributed by atoms with Crippen LogP contribution in [0.15, 0.2) is 30.3 Å². The third kappa shape index (κ3) is 3.23. The van der Waals surface area contributed by atoms with E-state index in [2.05, 4.69) is 5.32 Å². The lowest BCUT2D eigenvalue weighted by Crippen LogP contribution is -2.37. The number of halogens is 2. The van der Waals surface area contributed by atoms with Crippen molar-refractivity contribution in [2.75, 3.05) is 18.0 Å². The van der Waals surface area contributed by atoms with Gasteiger partial charge in [-0.25, -0.2) is 13.6 Å². The van der Waals surface area contributed by atoms with Crippen LogP contribution in [0, 0.1) is 11.6 Å². The summed E-state index contributed by atoms with van der Waals surface area (Å²) in [7, 11) is 0. The van der Waals surface area contributed by atoms with Gasteiger partial charge in [0.05, 0.1) is 4.88 Å². The maximum Gasteiger partial charge on any atom is 0.345 e. The molecule has 1 aliphatic heterocycles. The van der Waals surface area contributed by atoms with Crippen molar-refractivity contribution in [2.45, 2.75) is 12.5 Å². The summed E-state index contributed by atoms with van der Waals surface area (Å²) in [5.41, 5.74) is -0.0847. The van der Waals surface area contributed by atoms with Crippen LogP contribution in [0.2, 0.25) is 0 Å². The highest BCUT2D eigenvalue weighted by Gasteiger charge is 2.28. The van der Waals surface area contributed by atoms with Crippen molar-refractivity contribution in [3.63, 3.8) is 0 Å². The van der Waals surface area contributed by atoms with E-state index in [4.69, 9.17) is 5.11 Å². The molecule has 1 saturated heterocycles. The Hall–Kier alpha value is -2.48. The van der Waals surface area contributed by atoms with Gasteiger partial charge < -0.3 is 15.3 Å². The molecule has 2 heterocycles. The first-order valence-corrected chi connectivity index (χ1v) is 8.10. The maximum absolute atomic E-state index is 13.8. The number of carbonyl (C=O) groups is 2. The van der Waals surface area contributed by atoms with E-state index in [-0.39, 0.29) is 22.5 Å². The number of rotatable bonds is 4. The molecule has 0 saturated carbocycles. The number of benzene rings is 1. The lowest BCUT2D eigenvalue weighted by Gasteiger charge is -2.20. The molecule has 8 heteroatoms. The molecule has 1 aromatic heterocycles. The lowest BCUT2D eigenvalue weighted by atomic mass is 10.2. The summed E-state index contributed by atoms with van der Waals surface area (Å²) < 4.78 is 27.6. The van der Waals surface area contributed by atoms with Crippen molar-refractivity contribution in [3.8, 4) is 0 Å². The second-order valence-electron chi connectivity index (χ2n) is 5.44. The van der Waals surface area contributed by atoms with Crippen molar-refractivity contribution in [2.24, 2.45) is 0 Å². The van der Waals surface area contributed by atoms with Gasteiger partial charge in [0.2, 0.25) is 0 Å². The molecule has 0 spiro atoms. The number of hydrogen-bond donors (Lipinski definition) is 2. The molecule has 1 aromatic carbocycles. The minimum atomic E-state index is -1.08. The van der Waals surface area contributed by atoms with Crippen LogP contribution >= 0.6 is 11.3 Å². The Morgan fingerprint density at radius 1 is 1.17 bits per heavy atom. The van der Waals surface area contributed by atoms with Crippen molar-refractivity contribution in [1.82, 2.24) is 5.32 Å². The van der Waals surface area contributed by atoms with Crippen LogP contribution in [0.25, 0.3) is 0 Å². The van der Waals surface area contributed by atoms with Crippen LogP contribution in [-0.2, 0) is 0 Å². The number of carboxylic acid groups (broad SMARTS) is 1. The van der Waals surface area contributed by atoms with Crippen molar-refractivity contribution >= 4 is 28.9 Å². The average molecular weight is 352 g/mol. The zero-order valence-electron chi connectivity index (χ0n) is 12.5. The Morgan fingerprint density at radius 3 is 2.46 bits per heavy atom. The normalized spacial score (nSPS) is 17.1. The molecule has 1 unspecified atom stereocenters. The van der Waals surface area contributed by atoms with Gasteiger partial charge in [-0.3, -0.25) is 4.79 Å². The number of amides is 1. The fourth-order valence-corrected chi connectivity index (χ4v) is 3.45. The molecule has 0 radical (unpaired) electrons. The van der Waals surface area contributed by atoms with E-state index in [0.717, 1.165) is 11.3 Å². The van der Waals surface area contributed by atoms with Gasteiger partial charge >= 0.3 is 5.97 Å². The van der Waals surface area contributed by atoms with E-state index < -0.39 is 17.6 Å². The molecule has 1 atom stereocenters. The summed E-state index contributed by atoms with van der Waals surface area (Å²) in [6.07, 6.45) is 0.552. The van der Waals surface area contributed by atoms with E-state index in [1.165, 1.54) is 30.3 Å². The fraction of sp³-hybridized carbons (Fsp3) is 0.250. The van der Waals surface area contributed by atoms with Crippen LogP contribution in [-0.4, -0.2) is 36.1 Å². The molecule has 0 aliphatic carbocycles. The Kier molecular flexibility index (Phi) is 4.48. The van der Waals surface area contributed by atoms with E-state index in [1.807, 2.05) is 0 Å². The number of aromatic carboxylic acids is 1. The number of nitrogens with zero attached hydrogens (tertiary/aromatic N) is 1. The molecule has 1 amide bonds. The molecule has 2 aromatic rings. The Balaban J connectivity index is 1.65. The highest BCUT2D eigenvalue weighted by Crippen LogP contribution is 2.27. The molecule has 3 rings (SSSR count). The fourth-order valence-electron chi connectivity index (χ4n) is 2.70. The van der Waals surface area contributed by atoms with Crippen molar-refractivity contribution < 1.29 is 23.5 Å². The first-order valence-electron chi connectivity index (χ1n) is 7.28. The summed E-state index contributed by atoms with van der Waals surface area (Å²) >= 11 is 0.889. The van der Waals surface area contributed by atoms with E-state index in [9.17, 15) is 18.4 Å². The van der Waals surface area contributed by atoms with Gasteiger partial charge in [-0.05, 0) is 30.7 Å². The van der Waals surface area contributed by atoms with Crippen LogP contribution in [0.3, 0.4) is 0 Å². The predicted molar refractivity (Wildman–Crippen MR) is 85.7 cm³/mol. The van der Waals surface area contributed by atoms with Crippen molar-refractivity contribution in [1.29, 1.82) is 0 Å². The topological polar surface area (TPSA) is 69.6 Å². The summed E-state index contributed by atoms with van der Waals surface area (Å²) in [6, 6.07) is 6.27. The number of thiophene rings is 1. The predicted octanol–water partition coefficient (Wildman–Crippen LogP) is 2.73. The number of carbonyl (C=O) groups excluding carboxylic acids is 1. The largest absolute Gasteiger partial charge is 0.477 e. The molecule has 2 N–H and O–H groups in total. The quantitative estimate of drug-likeness (QED) is 0.888. The second-order valence-corrected chi connectivity index (χ2v) is 6.53. The minimum Gasteiger partial charge on any atom is -0.477 e. The third-order valence-corrected chi connectivity index (χ3v) is 4.89. The number of nitrogens with one attached hydrogen (secondary N) is 1. The zero-order chi connectivity index (χ0) is 17.3.